The quantitative estimate of drug-likeness (QED) is 0.870. The molecule has 3 rings (SSSR count). The third-order valence-electron chi connectivity index (χ3n) is 4.85. The second-order valence-electron chi connectivity index (χ2n) is 6.53. The summed E-state index contributed by atoms with van der Waals surface area (Å²) in [7, 11) is 1.71. The molecule has 6 heteroatoms. The van der Waals surface area contributed by atoms with E-state index in [0.717, 1.165) is 19.4 Å². The van der Waals surface area contributed by atoms with Gasteiger partial charge in [-0.15, -0.1) is 0 Å². The highest BCUT2D eigenvalue weighted by Crippen LogP contribution is 2.24. The number of likely N-dealkylation sites (tertiary alicyclic amines) is 1. The van der Waals surface area contributed by atoms with Crippen molar-refractivity contribution in [2.45, 2.75) is 31.8 Å². The molecule has 0 spiro atoms. The standard InChI is InChI=1S/C19H24N2O4/c1-24-17-13-21(19(23)8-7-16-12-18(22)20-25-16)10-9-15(17)11-14-5-3-2-4-6-14/h2-6,12,15,17H,7-11,13H2,1H3,(H,20,22)/t15-,17-/m1/s1. The minimum atomic E-state index is -0.274. The number of hydrogen-bond acceptors (Lipinski definition) is 4. The van der Waals surface area contributed by atoms with E-state index >= 15 is 0 Å². The monoisotopic (exact) mass is 344 g/mol. The van der Waals surface area contributed by atoms with Crippen LogP contribution in [0.2, 0.25) is 0 Å². The fourth-order valence-electron chi connectivity index (χ4n) is 3.44. The molecule has 1 aromatic heterocycles. The smallest absolute Gasteiger partial charge is 0.280 e. The lowest BCUT2D eigenvalue weighted by molar-refractivity contribution is -0.136. The lowest BCUT2D eigenvalue weighted by atomic mass is 9.87. The molecular weight excluding hydrogens is 320 g/mol. The molecular formula is C19H24N2O4. The maximum absolute atomic E-state index is 12.4. The number of carbonyl (C=O) groups excluding carboxylic acids is 1. The Labute approximate surface area is 146 Å². The summed E-state index contributed by atoms with van der Waals surface area (Å²) in [5, 5.41) is 2.24. The maximum Gasteiger partial charge on any atom is 0.280 e. The highest BCUT2D eigenvalue weighted by molar-refractivity contribution is 5.76. The summed E-state index contributed by atoms with van der Waals surface area (Å²) < 4.78 is 10.7. The van der Waals surface area contributed by atoms with E-state index in [1.165, 1.54) is 11.6 Å². The van der Waals surface area contributed by atoms with Gasteiger partial charge in [0.15, 0.2) is 0 Å². The van der Waals surface area contributed by atoms with Crippen LogP contribution in [0, 0.1) is 5.92 Å². The second kappa shape index (κ2) is 8.16. The van der Waals surface area contributed by atoms with Crippen LogP contribution in [0.5, 0.6) is 0 Å². The van der Waals surface area contributed by atoms with Crippen molar-refractivity contribution in [2.24, 2.45) is 5.92 Å². The maximum atomic E-state index is 12.4. The number of benzene rings is 1. The number of aromatic nitrogens is 1. The van der Waals surface area contributed by atoms with E-state index in [1.54, 1.807) is 7.11 Å². The van der Waals surface area contributed by atoms with E-state index in [1.807, 2.05) is 11.0 Å². The predicted molar refractivity (Wildman–Crippen MR) is 93.3 cm³/mol. The average molecular weight is 344 g/mol. The Hall–Kier alpha value is -2.34. The van der Waals surface area contributed by atoms with Crippen molar-refractivity contribution in [1.29, 1.82) is 0 Å². The van der Waals surface area contributed by atoms with E-state index < -0.39 is 0 Å². The van der Waals surface area contributed by atoms with Gasteiger partial charge in [0.1, 0.15) is 5.76 Å². The topological polar surface area (TPSA) is 75.5 Å². The first kappa shape index (κ1) is 17.5. The van der Waals surface area contributed by atoms with Crippen LogP contribution in [-0.4, -0.2) is 42.3 Å². The van der Waals surface area contributed by atoms with Crippen LogP contribution in [0.1, 0.15) is 24.2 Å². The second-order valence-corrected chi connectivity index (χ2v) is 6.53. The van der Waals surface area contributed by atoms with Crippen molar-refractivity contribution in [2.75, 3.05) is 20.2 Å². The van der Waals surface area contributed by atoms with Gasteiger partial charge in [0.2, 0.25) is 5.91 Å². The average Bonchev–Trinajstić information content (AvgIpc) is 3.06. The van der Waals surface area contributed by atoms with Crippen LogP contribution < -0.4 is 5.56 Å². The summed E-state index contributed by atoms with van der Waals surface area (Å²) in [6, 6.07) is 11.8. The number of ether oxygens (including phenoxy) is 1. The number of aromatic amines is 1. The number of methoxy groups -OCH3 is 1. The summed E-state index contributed by atoms with van der Waals surface area (Å²) >= 11 is 0. The number of amides is 1. The fraction of sp³-hybridized carbons (Fsp3) is 0.474. The van der Waals surface area contributed by atoms with E-state index in [-0.39, 0.29) is 17.6 Å². The van der Waals surface area contributed by atoms with Gasteiger partial charge in [0, 0.05) is 39.1 Å². The van der Waals surface area contributed by atoms with Crippen LogP contribution >= 0.6 is 0 Å². The van der Waals surface area contributed by atoms with E-state index in [2.05, 4.69) is 29.4 Å². The van der Waals surface area contributed by atoms with Gasteiger partial charge < -0.3 is 14.2 Å². The number of hydrogen-bond donors (Lipinski definition) is 1. The number of carbonyl (C=O) groups is 1. The molecule has 1 N–H and O–H groups in total. The zero-order valence-electron chi connectivity index (χ0n) is 14.4. The lowest BCUT2D eigenvalue weighted by Gasteiger charge is -2.38. The third kappa shape index (κ3) is 4.60. The molecule has 2 heterocycles. The molecule has 0 radical (unpaired) electrons. The van der Waals surface area contributed by atoms with Crippen LogP contribution in [0.4, 0.5) is 0 Å². The molecule has 1 aliphatic rings. The molecule has 25 heavy (non-hydrogen) atoms. The predicted octanol–water partition coefficient (Wildman–Crippen LogP) is 2.01. The minimum absolute atomic E-state index is 0.0445. The molecule has 0 aliphatic carbocycles. The molecule has 1 fully saturated rings. The van der Waals surface area contributed by atoms with Crippen LogP contribution in [0.15, 0.2) is 45.7 Å². The number of rotatable bonds is 6. The van der Waals surface area contributed by atoms with Gasteiger partial charge in [-0.2, -0.15) is 5.16 Å². The van der Waals surface area contributed by atoms with Gasteiger partial charge in [-0.25, -0.2) is 0 Å². The molecule has 1 saturated heterocycles. The lowest BCUT2D eigenvalue weighted by Crippen LogP contribution is -2.48. The molecule has 1 aliphatic heterocycles. The Kier molecular flexibility index (Phi) is 5.71. The third-order valence-corrected chi connectivity index (χ3v) is 4.85. The number of nitrogens with zero attached hydrogens (tertiary/aromatic N) is 1. The van der Waals surface area contributed by atoms with Gasteiger partial charge in [-0.05, 0) is 24.3 Å². The van der Waals surface area contributed by atoms with Crippen molar-refractivity contribution in [3.8, 4) is 0 Å². The zero-order valence-corrected chi connectivity index (χ0v) is 14.4. The van der Waals surface area contributed by atoms with Crippen molar-refractivity contribution in [3.63, 3.8) is 0 Å². The summed E-state index contributed by atoms with van der Waals surface area (Å²) in [5.74, 6) is 1.00. The zero-order chi connectivity index (χ0) is 17.6. The number of H-pyrrole nitrogens is 1. The Morgan fingerprint density at radius 3 is 2.84 bits per heavy atom. The molecule has 0 bridgehead atoms. The highest BCUT2D eigenvalue weighted by Gasteiger charge is 2.31. The molecule has 2 aromatic rings. The van der Waals surface area contributed by atoms with Crippen molar-refractivity contribution in [1.82, 2.24) is 10.1 Å². The Bertz CT molecular complexity index is 737. The molecule has 0 unspecified atom stereocenters. The van der Waals surface area contributed by atoms with E-state index in [9.17, 15) is 9.59 Å². The Morgan fingerprint density at radius 1 is 1.36 bits per heavy atom. The normalized spacial score (nSPS) is 20.6. The van der Waals surface area contributed by atoms with Gasteiger partial charge in [-0.1, -0.05) is 30.3 Å². The van der Waals surface area contributed by atoms with Crippen LogP contribution in [0.3, 0.4) is 0 Å². The van der Waals surface area contributed by atoms with Gasteiger partial charge in [0.05, 0.1) is 6.10 Å². The molecule has 134 valence electrons. The Morgan fingerprint density at radius 2 is 2.16 bits per heavy atom. The van der Waals surface area contributed by atoms with Gasteiger partial charge in [-0.3, -0.25) is 9.59 Å². The fourth-order valence-corrected chi connectivity index (χ4v) is 3.44. The highest BCUT2D eigenvalue weighted by atomic mass is 16.5. The van der Waals surface area contributed by atoms with Crippen LogP contribution in [0.25, 0.3) is 0 Å². The van der Waals surface area contributed by atoms with Gasteiger partial charge in [0.25, 0.3) is 5.56 Å². The molecule has 2 atom stereocenters. The molecule has 6 nitrogen and oxygen atoms in total. The summed E-state index contributed by atoms with van der Waals surface area (Å²) in [6.45, 7) is 1.36. The number of nitrogens with one attached hydrogen (secondary N) is 1. The first-order valence-electron chi connectivity index (χ1n) is 8.67. The van der Waals surface area contributed by atoms with Crippen molar-refractivity contribution in [3.05, 3.63) is 58.1 Å². The summed E-state index contributed by atoms with van der Waals surface area (Å²) in [6.07, 6.45) is 2.71. The summed E-state index contributed by atoms with van der Waals surface area (Å²) in [5.41, 5.74) is 1.03. The van der Waals surface area contributed by atoms with Crippen LogP contribution in [-0.2, 0) is 22.4 Å². The largest absolute Gasteiger partial charge is 0.384 e. The SMILES string of the molecule is CO[C@@H]1CN(C(=O)CCc2cc(=O)[nH]o2)CC[C@@H]1Cc1ccccc1. The minimum Gasteiger partial charge on any atom is -0.384 e. The molecule has 0 saturated carbocycles. The van der Waals surface area contributed by atoms with Crippen molar-refractivity contribution >= 4 is 5.91 Å². The summed E-state index contributed by atoms with van der Waals surface area (Å²) in [4.78, 5) is 25.4. The van der Waals surface area contributed by atoms with E-state index in [4.69, 9.17) is 9.26 Å². The first-order chi connectivity index (χ1) is 12.2. The first-order valence-corrected chi connectivity index (χ1v) is 8.67. The molecule has 1 amide bonds. The number of aryl methyl sites for hydroxylation is 1. The van der Waals surface area contributed by atoms with E-state index in [0.29, 0.717) is 31.1 Å². The number of piperidine rings is 1. The van der Waals surface area contributed by atoms with Gasteiger partial charge >= 0.3 is 0 Å². The van der Waals surface area contributed by atoms with Crippen molar-refractivity contribution < 1.29 is 14.1 Å². The Balaban J connectivity index is 1.53. The molecule has 1 aromatic carbocycles.